The highest BCUT2D eigenvalue weighted by atomic mass is 16.5. The Kier molecular flexibility index (Phi) is 14.4. The van der Waals surface area contributed by atoms with Crippen LogP contribution >= 0.6 is 0 Å². The number of hydrogen-bond acceptors (Lipinski definition) is 5. The van der Waals surface area contributed by atoms with Crippen LogP contribution in [0.4, 0.5) is 0 Å². The van der Waals surface area contributed by atoms with Crippen molar-refractivity contribution < 1.29 is 14.2 Å². The van der Waals surface area contributed by atoms with Crippen molar-refractivity contribution in [3.05, 3.63) is 10.4 Å². The van der Waals surface area contributed by atoms with E-state index in [0.29, 0.717) is 46.2 Å². The summed E-state index contributed by atoms with van der Waals surface area (Å²) in [4.78, 5) is 2.62. The molecule has 7 nitrogen and oxygen atoms in total. The normalized spacial score (nSPS) is 10.2. The molecule has 0 aliphatic rings. The van der Waals surface area contributed by atoms with Crippen molar-refractivity contribution in [1.29, 1.82) is 0 Å². The third-order valence-electron chi connectivity index (χ3n) is 1.82. The van der Waals surface area contributed by atoms with Gasteiger partial charge in [-0.05, 0) is 12.1 Å². The lowest BCUT2D eigenvalue weighted by molar-refractivity contribution is 0.0166. The molecule has 0 saturated heterocycles. The van der Waals surface area contributed by atoms with Crippen molar-refractivity contribution in [3.8, 4) is 0 Å². The molecule has 100 valence electrons. The van der Waals surface area contributed by atoms with E-state index >= 15 is 0 Å². The average Bonchev–Trinajstić information content (AvgIpc) is 2.35. The van der Waals surface area contributed by atoms with E-state index in [1.165, 1.54) is 0 Å². The predicted molar refractivity (Wildman–Crippen MR) is 65.0 cm³/mol. The topological polar surface area (TPSA) is 88.5 Å². The van der Waals surface area contributed by atoms with Gasteiger partial charge in [-0.15, -0.1) is 0 Å². The fourth-order valence-corrected chi connectivity index (χ4v) is 1.01. The first kappa shape index (κ1) is 16.1. The Hall–Kier alpha value is -0.850. The van der Waals surface area contributed by atoms with E-state index in [1.807, 2.05) is 0 Å². The maximum atomic E-state index is 8.00. The summed E-state index contributed by atoms with van der Waals surface area (Å²) in [6.07, 6.45) is 0. The van der Waals surface area contributed by atoms with Gasteiger partial charge in [0.1, 0.15) is 0 Å². The minimum atomic E-state index is 0.365. The average molecular weight is 246 g/mol. The fourth-order valence-electron chi connectivity index (χ4n) is 1.01. The van der Waals surface area contributed by atoms with Gasteiger partial charge < -0.3 is 19.5 Å². The van der Waals surface area contributed by atoms with Crippen LogP contribution in [0.5, 0.6) is 0 Å². The predicted octanol–water partition coefficient (Wildman–Crippen LogP) is 0.956. The number of nitrogens with zero attached hydrogens (tertiary/aromatic N) is 3. The Morgan fingerprint density at radius 1 is 1.00 bits per heavy atom. The molecule has 0 aliphatic heterocycles. The highest BCUT2D eigenvalue weighted by Crippen LogP contribution is 1.82. The summed E-state index contributed by atoms with van der Waals surface area (Å²) in [5.74, 6) is 0. The Balaban J connectivity index is 2.91. The molecule has 7 heteroatoms. The van der Waals surface area contributed by atoms with Crippen molar-refractivity contribution in [2.75, 3.05) is 59.3 Å². The van der Waals surface area contributed by atoms with Gasteiger partial charge in [-0.3, -0.25) is 0 Å². The molecule has 0 aromatic heterocycles. The van der Waals surface area contributed by atoms with Crippen LogP contribution < -0.4 is 5.32 Å². The number of nitrogens with one attached hydrogen (secondary N) is 1. The van der Waals surface area contributed by atoms with Gasteiger partial charge in [0.15, 0.2) is 0 Å². The largest absolute Gasteiger partial charge is 0.379 e. The molecule has 0 unspecified atom stereocenters. The molecule has 0 rings (SSSR count). The van der Waals surface area contributed by atoms with Crippen molar-refractivity contribution in [2.24, 2.45) is 5.11 Å². The SMILES string of the molecule is CCNCCOCCOCCOCCN=[N+]=[N-]. The van der Waals surface area contributed by atoms with Gasteiger partial charge in [0.25, 0.3) is 0 Å². The zero-order chi connectivity index (χ0) is 12.6. The first-order valence-corrected chi connectivity index (χ1v) is 5.86. The van der Waals surface area contributed by atoms with Crippen LogP contribution in [0.25, 0.3) is 10.4 Å². The zero-order valence-corrected chi connectivity index (χ0v) is 10.4. The lowest BCUT2D eigenvalue weighted by Crippen LogP contribution is -2.20. The van der Waals surface area contributed by atoms with Gasteiger partial charge in [-0.25, -0.2) is 0 Å². The maximum absolute atomic E-state index is 8.00. The molecule has 0 radical (unpaired) electrons. The van der Waals surface area contributed by atoms with Crippen LogP contribution in [-0.2, 0) is 14.2 Å². The maximum Gasteiger partial charge on any atom is 0.0701 e. The Bertz CT molecular complexity index is 198. The van der Waals surface area contributed by atoms with Crippen LogP contribution in [0.3, 0.4) is 0 Å². The molecule has 0 atom stereocenters. The summed E-state index contributed by atoms with van der Waals surface area (Å²) in [7, 11) is 0. The summed E-state index contributed by atoms with van der Waals surface area (Å²) in [5.41, 5.74) is 8.00. The van der Waals surface area contributed by atoms with Gasteiger partial charge >= 0.3 is 0 Å². The van der Waals surface area contributed by atoms with Crippen LogP contribution in [0.15, 0.2) is 5.11 Å². The lowest BCUT2D eigenvalue weighted by atomic mass is 10.6. The monoisotopic (exact) mass is 246 g/mol. The summed E-state index contributed by atoms with van der Waals surface area (Å²) in [5, 5.41) is 6.51. The molecule has 0 heterocycles. The molecule has 1 N–H and O–H groups in total. The first-order valence-electron chi connectivity index (χ1n) is 5.86. The highest BCUT2D eigenvalue weighted by molar-refractivity contribution is 4.44. The molecule has 0 aromatic rings. The summed E-state index contributed by atoms with van der Waals surface area (Å²) in [6.45, 7) is 7.63. The van der Waals surface area contributed by atoms with E-state index in [2.05, 4.69) is 22.3 Å². The van der Waals surface area contributed by atoms with E-state index in [4.69, 9.17) is 19.7 Å². The van der Waals surface area contributed by atoms with Crippen LogP contribution in [0.1, 0.15) is 6.92 Å². The highest BCUT2D eigenvalue weighted by Gasteiger charge is 1.91. The number of hydrogen-bond donors (Lipinski definition) is 1. The van der Waals surface area contributed by atoms with Gasteiger partial charge in [0, 0.05) is 18.0 Å². The molecule has 0 amide bonds. The summed E-state index contributed by atoms with van der Waals surface area (Å²) < 4.78 is 15.7. The van der Waals surface area contributed by atoms with Gasteiger partial charge in [-0.1, -0.05) is 12.0 Å². The number of ether oxygens (including phenoxy) is 3. The van der Waals surface area contributed by atoms with E-state index in [0.717, 1.165) is 13.1 Å². The first-order chi connectivity index (χ1) is 8.41. The van der Waals surface area contributed by atoms with E-state index in [-0.39, 0.29) is 0 Å². The van der Waals surface area contributed by atoms with Crippen LogP contribution in [0.2, 0.25) is 0 Å². The molecular weight excluding hydrogens is 224 g/mol. The molecule has 0 aromatic carbocycles. The third-order valence-corrected chi connectivity index (χ3v) is 1.82. The number of azide groups is 1. The third kappa shape index (κ3) is 15.1. The van der Waals surface area contributed by atoms with Crippen LogP contribution in [-0.4, -0.2) is 59.3 Å². The molecule has 0 saturated carbocycles. The van der Waals surface area contributed by atoms with Crippen LogP contribution in [0, 0.1) is 0 Å². The summed E-state index contributed by atoms with van der Waals surface area (Å²) in [6, 6.07) is 0. The standard InChI is InChI=1S/C10H22N4O3/c1-2-12-3-5-15-7-9-17-10-8-16-6-4-13-14-11/h12H,2-10H2,1H3. The Labute approximate surface area is 102 Å². The number of likely N-dealkylation sites (N-methyl/N-ethyl adjacent to an activating group) is 1. The molecule has 17 heavy (non-hydrogen) atoms. The second-order valence-electron chi connectivity index (χ2n) is 3.15. The van der Waals surface area contributed by atoms with E-state index in [9.17, 15) is 0 Å². The molecule has 0 fully saturated rings. The molecular formula is C10H22N4O3. The smallest absolute Gasteiger partial charge is 0.0701 e. The van der Waals surface area contributed by atoms with Crippen molar-refractivity contribution in [3.63, 3.8) is 0 Å². The van der Waals surface area contributed by atoms with Gasteiger partial charge in [-0.2, -0.15) is 0 Å². The van der Waals surface area contributed by atoms with Crippen molar-refractivity contribution in [2.45, 2.75) is 6.92 Å². The lowest BCUT2D eigenvalue weighted by Gasteiger charge is -2.06. The number of rotatable bonds is 13. The fraction of sp³-hybridized carbons (Fsp3) is 1.00. The second kappa shape index (κ2) is 15.1. The van der Waals surface area contributed by atoms with Gasteiger partial charge in [0.05, 0.1) is 39.6 Å². The van der Waals surface area contributed by atoms with E-state index in [1.54, 1.807) is 0 Å². The summed E-state index contributed by atoms with van der Waals surface area (Å²) >= 11 is 0. The van der Waals surface area contributed by atoms with Crippen molar-refractivity contribution in [1.82, 2.24) is 5.32 Å². The zero-order valence-electron chi connectivity index (χ0n) is 10.4. The molecule has 0 spiro atoms. The van der Waals surface area contributed by atoms with Gasteiger partial charge in [0.2, 0.25) is 0 Å². The minimum Gasteiger partial charge on any atom is -0.379 e. The minimum absolute atomic E-state index is 0.365. The van der Waals surface area contributed by atoms with E-state index < -0.39 is 0 Å². The van der Waals surface area contributed by atoms with Crippen molar-refractivity contribution >= 4 is 0 Å². The second-order valence-corrected chi connectivity index (χ2v) is 3.15. The Morgan fingerprint density at radius 2 is 1.59 bits per heavy atom. The molecule has 0 aliphatic carbocycles. The quantitative estimate of drug-likeness (QED) is 0.227. The Morgan fingerprint density at radius 3 is 2.18 bits per heavy atom. The molecule has 0 bridgehead atoms.